The van der Waals surface area contributed by atoms with Crippen LogP contribution < -0.4 is 9.64 Å². The molecule has 198 valence electrons. The monoisotopic (exact) mass is 506 g/mol. The molecule has 7 nitrogen and oxygen atoms in total. The minimum absolute atomic E-state index is 0.0224. The average molecular weight is 507 g/mol. The molecular weight excluding hydrogens is 468 g/mol. The second kappa shape index (κ2) is 10.0. The minimum Gasteiger partial charge on any atom is -0.487 e. The van der Waals surface area contributed by atoms with Gasteiger partial charge in [0.15, 0.2) is 0 Å². The molecule has 1 amide bonds. The SMILES string of the molecule is CN(C)c1ccc(CC(=O)N2CCC3(CC2)CO[C@H]2c4ccccc4O[C@@](C)(CCC(=O)O)[C@@H]2C3)cc1. The number of anilines is 1. The number of amides is 1. The Bertz CT molecular complexity index is 1140. The molecule has 0 unspecified atom stereocenters. The summed E-state index contributed by atoms with van der Waals surface area (Å²) in [5.41, 5.74) is 2.58. The first-order valence-corrected chi connectivity index (χ1v) is 13.3. The van der Waals surface area contributed by atoms with Crippen LogP contribution in [0.15, 0.2) is 48.5 Å². The third kappa shape index (κ3) is 5.19. The molecule has 0 bridgehead atoms. The molecule has 3 aliphatic rings. The van der Waals surface area contributed by atoms with Crippen molar-refractivity contribution in [1.82, 2.24) is 4.90 Å². The van der Waals surface area contributed by atoms with Crippen LogP contribution in [-0.4, -0.2) is 61.3 Å². The smallest absolute Gasteiger partial charge is 0.303 e. The van der Waals surface area contributed by atoms with Gasteiger partial charge in [-0.3, -0.25) is 9.59 Å². The van der Waals surface area contributed by atoms with Crippen LogP contribution in [0.4, 0.5) is 5.69 Å². The van der Waals surface area contributed by atoms with Gasteiger partial charge in [-0.15, -0.1) is 0 Å². The molecule has 3 heterocycles. The lowest BCUT2D eigenvalue weighted by Gasteiger charge is -2.55. The predicted molar refractivity (Wildman–Crippen MR) is 142 cm³/mol. The van der Waals surface area contributed by atoms with Crippen molar-refractivity contribution in [2.75, 3.05) is 38.7 Å². The van der Waals surface area contributed by atoms with Crippen LogP contribution in [0.25, 0.3) is 0 Å². The zero-order valence-corrected chi connectivity index (χ0v) is 22.1. The lowest BCUT2D eigenvalue weighted by Crippen LogP contribution is -2.56. The number of hydrogen-bond donors (Lipinski definition) is 1. The largest absolute Gasteiger partial charge is 0.487 e. The van der Waals surface area contributed by atoms with Crippen LogP contribution in [0.5, 0.6) is 5.75 Å². The maximum Gasteiger partial charge on any atom is 0.303 e. The van der Waals surface area contributed by atoms with Crippen LogP contribution >= 0.6 is 0 Å². The molecule has 1 N–H and O–H groups in total. The summed E-state index contributed by atoms with van der Waals surface area (Å²) in [7, 11) is 4.02. The number of hydrogen-bond acceptors (Lipinski definition) is 5. The maximum absolute atomic E-state index is 13.1. The van der Waals surface area contributed by atoms with E-state index >= 15 is 0 Å². The van der Waals surface area contributed by atoms with Gasteiger partial charge >= 0.3 is 5.97 Å². The van der Waals surface area contributed by atoms with E-state index in [9.17, 15) is 14.7 Å². The normalized spacial score (nSPS) is 26.1. The molecule has 3 atom stereocenters. The van der Waals surface area contributed by atoms with Gasteiger partial charge < -0.3 is 24.4 Å². The number of aliphatic carboxylic acids is 1. The fourth-order valence-corrected chi connectivity index (χ4v) is 6.36. The number of piperidine rings is 1. The van der Waals surface area contributed by atoms with Crippen LogP contribution in [0.3, 0.4) is 0 Å². The van der Waals surface area contributed by atoms with E-state index in [1.54, 1.807) is 0 Å². The Hall–Kier alpha value is -3.06. The number of carboxylic acid groups (broad SMARTS) is 1. The number of rotatable bonds is 6. The number of para-hydroxylation sites is 1. The predicted octanol–water partition coefficient (Wildman–Crippen LogP) is 4.70. The molecule has 5 rings (SSSR count). The first-order chi connectivity index (χ1) is 17.7. The summed E-state index contributed by atoms with van der Waals surface area (Å²) < 4.78 is 13.1. The Morgan fingerprint density at radius 3 is 2.46 bits per heavy atom. The molecule has 2 aromatic carbocycles. The lowest BCUT2D eigenvalue weighted by molar-refractivity contribution is -0.183. The third-order valence-corrected chi connectivity index (χ3v) is 8.76. The highest BCUT2D eigenvalue weighted by molar-refractivity contribution is 5.79. The van der Waals surface area contributed by atoms with Gasteiger partial charge in [0, 0.05) is 50.8 Å². The van der Waals surface area contributed by atoms with Crippen LogP contribution in [-0.2, 0) is 20.7 Å². The maximum atomic E-state index is 13.1. The average Bonchev–Trinajstić information content (AvgIpc) is 2.88. The molecule has 0 aliphatic carbocycles. The molecule has 0 aromatic heterocycles. The van der Waals surface area contributed by atoms with Crippen molar-refractivity contribution >= 4 is 17.6 Å². The van der Waals surface area contributed by atoms with Crippen molar-refractivity contribution in [2.45, 2.75) is 57.2 Å². The van der Waals surface area contributed by atoms with Gasteiger partial charge in [-0.05, 0) is 61.8 Å². The van der Waals surface area contributed by atoms with Crippen molar-refractivity contribution in [2.24, 2.45) is 11.3 Å². The Morgan fingerprint density at radius 2 is 1.78 bits per heavy atom. The van der Waals surface area contributed by atoms with Crippen molar-refractivity contribution in [3.63, 3.8) is 0 Å². The van der Waals surface area contributed by atoms with Crippen molar-refractivity contribution in [1.29, 1.82) is 0 Å². The summed E-state index contributed by atoms with van der Waals surface area (Å²) in [6.07, 6.45) is 3.51. The number of carbonyl (C=O) groups is 2. The lowest BCUT2D eigenvalue weighted by atomic mass is 9.63. The standard InChI is InChI=1S/C30H38N2O5/c1-29(13-12-27(34)35)24-19-30(20-36-28(24)23-6-4-5-7-25(23)37-29)14-16-32(17-15-30)26(33)18-21-8-10-22(11-9-21)31(2)3/h4-11,24,28H,12-20H2,1-3H3,(H,34,35)/t24-,28+,29+/m1/s1. The van der Waals surface area contributed by atoms with Crippen molar-refractivity contribution in [3.05, 3.63) is 59.7 Å². The first kappa shape index (κ1) is 25.6. The molecular formula is C30H38N2O5. The van der Waals surface area contributed by atoms with E-state index < -0.39 is 11.6 Å². The molecule has 1 spiro atoms. The number of ether oxygens (including phenoxy) is 2. The Morgan fingerprint density at radius 1 is 1.08 bits per heavy atom. The molecule has 2 fully saturated rings. The van der Waals surface area contributed by atoms with Gasteiger partial charge in [0.05, 0.1) is 19.1 Å². The summed E-state index contributed by atoms with van der Waals surface area (Å²) in [5, 5.41) is 9.39. The van der Waals surface area contributed by atoms with Crippen molar-refractivity contribution < 1.29 is 24.2 Å². The molecule has 0 radical (unpaired) electrons. The van der Waals surface area contributed by atoms with Gasteiger partial charge in [-0.25, -0.2) is 0 Å². The number of benzene rings is 2. The number of carboxylic acids is 1. The minimum atomic E-state index is -0.810. The Labute approximate surface area is 219 Å². The summed E-state index contributed by atoms with van der Waals surface area (Å²) >= 11 is 0. The summed E-state index contributed by atoms with van der Waals surface area (Å²) in [6.45, 7) is 4.15. The highest BCUT2D eigenvalue weighted by atomic mass is 16.5. The van der Waals surface area contributed by atoms with Crippen molar-refractivity contribution in [3.8, 4) is 5.75 Å². The van der Waals surface area contributed by atoms with Gasteiger partial charge in [0.2, 0.25) is 5.91 Å². The highest BCUT2D eigenvalue weighted by Crippen LogP contribution is 2.56. The van der Waals surface area contributed by atoms with Gasteiger partial charge in [-0.2, -0.15) is 0 Å². The fraction of sp³-hybridized carbons (Fsp3) is 0.533. The van der Waals surface area contributed by atoms with Crippen LogP contribution in [0, 0.1) is 11.3 Å². The summed E-state index contributed by atoms with van der Waals surface area (Å²) in [6, 6.07) is 16.1. The zero-order chi connectivity index (χ0) is 26.2. The van der Waals surface area contributed by atoms with Crippen LogP contribution in [0.2, 0.25) is 0 Å². The van der Waals surface area contributed by atoms with E-state index in [1.165, 1.54) is 0 Å². The quantitative estimate of drug-likeness (QED) is 0.612. The molecule has 7 heteroatoms. The topological polar surface area (TPSA) is 79.3 Å². The highest BCUT2D eigenvalue weighted by Gasteiger charge is 2.54. The number of nitrogens with zero attached hydrogens (tertiary/aromatic N) is 2. The second-order valence-corrected chi connectivity index (χ2v) is 11.5. The zero-order valence-electron chi connectivity index (χ0n) is 22.1. The molecule has 2 saturated heterocycles. The van der Waals surface area contributed by atoms with E-state index in [4.69, 9.17) is 9.47 Å². The van der Waals surface area contributed by atoms with E-state index in [1.807, 2.05) is 56.3 Å². The molecule has 2 aromatic rings. The van der Waals surface area contributed by atoms with Gasteiger partial charge in [-0.1, -0.05) is 30.3 Å². The van der Waals surface area contributed by atoms with Gasteiger partial charge in [0.25, 0.3) is 0 Å². The van der Waals surface area contributed by atoms with E-state index in [0.29, 0.717) is 19.4 Å². The molecule has 37 heavy (non-hydrogen) atoms. The second-order valence-electron chi connectivity index (χ2n) is 11.5. The number of fused-ring (bicyclic) bond motifs is 3. The Kier molecular flexibility index (Phi) is 6.92. The fourth-order valence-electron chi connectivity index (χ4n) is 6.36. The Balaban J connectivity index is 1.26. The third-order valence-electron chi connectivity index (χ3n) is 8.76. The van der Waals surface area contributed by atoms with E-state index in [-0.39, 0.29) is 29.8 Å². The van der Waals surface area contributed by atoms with Crippen LogP contribution in [0.1, 0.15) is 56.3 Å². The van der Waals surface area contributed by atoms with E-state index in [2.05, 4.69) is 23.1 Å². The number of carbonyl (C=O) groups excluding carboxylic acids is 1. The summed E-state index contributed by atoms with van der Waals surface area (Å²) in [4.78, 5) is 28.6. The van der Waals surface area contributed by atoms with Gasteiger partial charge in [0.1, 0.15) is 11.4 Å². The van der Waals surface area contributed by atoms with E-state index in [0.717, 1.165) is 54.9 Å². The number of likely N-dealkylation sites (tertiary alicyclic amines) is 1. The molecule has 0 saturated carbocycles. The first-order valence-electron chi connectivity index (χ1n) is 13.3. The molecule has 3 aliphatic heterocycles. The summed E-state index contributed by atoms with van der Waals surface area (Å²) in [5.74, 6) is 0.220.